The van der Waals surface area contributed by atoms with E-state index in [1.54, 1.807) is 24.3 Å². The first-order valence-electron chi connectivity index (χ1n) is 9.14. The quantitative estimate of drug-likeness (QED) is 0.536. The van der Waals surface area contributed by atoms with Crippen molar-refractivity contribution >= 4 is 0 Å². The summed E-state index contributed by atoms with van der Waals surface area (Å²) >= 11 is 0. The molecule has 0 unspecified atom stereocenters. The van der Waals surface area contributed by atoms with Crippen LogP contribution in [0, 0.1) is 5.92 Å². The van der Waals surface area contributed by atoms with E-state index in [4.69, 9.17) is 0 Å². The van der Waals surface area contributed by atoms with Gasteiger partial charge in [0.05, 0.1) is 0 Å². The number of aromatic hydroxyl groups is 2. The van der Waals surface area contributed by atoms with Crippen molar-refractivity contribution in [3.05, 3.63) is 59.7 Å². The van der Waals surface area contributed by atoms with E-state index in [-0.39, 0.29) is 0 Å². The molecule has 0 aliphatic rings. The molecule has 2 aromatic rings. The minimum absolute atomic E-state index is 0.303. The first-order chi connectivity index (χ1) is 11.6. The number of rotatable bonds is 9. The fourth-order valence-corrected chi connectivity index (χ4v) is 3.19. The standard InChI is InChI=1S/C22H30O2/c1-17(2)7-5-3-4-6-8-22(18-9-13-20(23)14-10-18)19-11-15-21(24)16-12-19/h9-17,22-24H,3-8H2,1-2H3. The van der Waals surface area contributed by atoms with E-state index >= 15 is 0 Å². The highest BCUT2D eigenvalue weighted by atomic mass is 16.3. The Hall–Kier alpha value is -1.96. The molecule has 0 heterocycles. The Kier molecular flexibility index (Phi) is 7.17. The summed E-state index contributed by atoms with van der Waals surface area (Å²) in [4.78, 5) is 0. The molecule has 0 radical (unpaired) electrons. The zero-order valence-electron chi connectivity index (χ0n) is 14.9. The topological polar surface area (TPSA) is 40.5 Å². The second-order valence-electron chi connectivity index (χ2n) is 7.12. The normalized spacial score (nSPS) is 11.3. The lowest BCUT2D eigenvalue weighted by molar-refractivity contribution is 0.474. The molecule has 0 spiro atoms. The van der Waals surface area contributed by atoms with Crippen molar-refractivity contribution in [3.63, 3.8) is 0 Å². The minimum Gasteiger partial charge on any atom is -0.508 e. The average molecular weight is 326 g/mol. The van der Waals surface area contributed by atoms with Crippen LogP contribution in [0.2, 0.25) is 0 Å². The van der Waals surface area contributed by atoms with Gasteiger partial charge in [-0.2, -0.15) is 0 Å². The lowest BCUT2D eigenvalue weighted by atomic mass is 9.86. The smallest absolute Gasteiger partial charge is 0.115 e. The van der Waals surface area contributed by atoms with Crippen LogP contribution in [0.5, 0.6) is 11.5 Å². The Morgan fingerprint density at radius 3 is 1.46 bits per heavy atom. The highest BCUT2D eigenvalue weighted by Crippen LogP contribution is 2.32. The van der Waals surface area contributed by atoms with Gasteiger partial charge in [0, 0.05) is 5.92 Å². The van der Waals surface area contributed by atoms with Crippen LogP contribution in [0.3, 0.4) is 0 Å². The third-order valence-corrected chi connectivity index (χ3v) is 4.62. The number of benzene rings is 2. The van der Waals surface area contributed by atoms with Gasteiger partial charge in [0.25, 0.3) is 0 Å². The zero-order valence-corrected chi connectivity index (χ0v) is 14.9. The average Bonchev–Trinajstić information content (AvgIpc) is 2.56. The van der Waals surface area contributed by atoms with Crippen molar-refractivity contribution in [3.8, 4) is 11.5 Å². The van der Waals surface area contributed by atoms with Crippen LogP contribution in [0.25, 0.3) is 0 Å². The second kappa shape index (κ2) is 9.36. The van der Waals surface area contributed by atoms with Crippen molar-refractivity contribution in [2.75, 3.05) is 0 Å². The highest BCUT2D eigenvalue weighted by Gasteiger charge is 2.14. The molecule has 0 bridgehead atoms. The lowest BCUT2D eigenvalue weighted by Crippen LogP contribution is -2.01. The monoisotopic (exact) mass is 326 g/mol. The number of phenols is 2. The first kappa shape index (κ1) is 18.4. The molecular weight excluding hydrogens is 296 g/mol. The predicted molar refractivity (Wildman–Crippen MR) is 101 cm³/mol. The van der Waals surface area contributed by atoms with E-state index in [0.29, 0.717) is 17.4 Å². The Balaban J connectivity index is 1.98. The molecule has 0 fully saturated rings. The van der Waals surface area contributed by atoms with Crippen LogP contribution < -0.4 is 0 Å². The summed E-state index contributed by atoms with van der Waals surface area (Å²) in [6, 6.07) is 15.0. The molecule has 0 aliphatic carbocycles. The van der Waals surface area contributed by atoms with Crippen molar-refractivity contribution in [2.24, 2.45) is 5.92 Å². The Labute approximate surface area is 146 Å². The molecule has 2 nitrogen and oxygen atoms in total. The van der Waals surface area contributed by atoms with Crippen LogP contribution in [-0.4, -0.2) is 10.2 Å². The second-order valence-corrected chi connectivity index (χ2v) is 7.12. The first-order valence-corrected chi connectivity index (χ1v) is 9.14. The maximum absolute atomic E-state index is 9.53. The lowest BCUT2D eigenvalue weighted by Gasteiger charge is -2.18. The Bertz CT molecular complexity index is 539. The summed E-state index contributed by atoms with van der Waals surface area (Å²) in [6.45, 7) is 4.57. The molecule has 0 atom stereocenters. The van der Waals surface area contributed by atoms with E-state index in [9.17, 15) is 10.2 Å². The fourth-order valence-electron chi connectivity index (χ4n) is 3.19. The molecule has 2 rings (SSSR count). The molecule has 0 saturated carbocycles. The van der Waals surface area contributed by atoms with Crippen molar-refractivity contribution in [1.29, 1.82) is 0 Å². The van der Waals surface area contributed by atoms with Gasteiger partial charge in [-0.3, -0.25) is 0 Å². The summed E-state index contributed by atoms with van der Waals surface area (Å²) < 4.78 is 0. The Morgan fingerprint density at radius 1 is 0.625 bits per heavy atom. The Morgan fingerprint density at radius 2 is 1.04 bits per heavy atom. The summed E-state index contributed by atoms with van der Waals surface area (Å²) in [7, 11) is 0. The molecule has 0 aliphatic heterocycles. The zero-order chi connectivity index (χ0) is 17.4. The highest BCUT2D eigenvalue weighted by molar-refractivity contribution is 5.37. The maximum atomic E-state index is 9.53. The van der Waals surface area contributed by atoms with E-state index < -0.39 is 0 Å². The van der Waals surface area contributed by atoms with Gasteiger partial charge < -0.3 is 10.2 Å². The van der Waals surface area contributed by atoms with Crippen LogP contribution in [0.1, 0.15) is 69.4 Å². The SMILES string of the molecule is CC(C)CCCCCCC(c1ccc(O)cc1)c1ccc(O)cc1. The fraction of sp³-hybridized carbons (Fsp3) is 0.455. The molecule has 2 heteroatoms. The van der Waals surface area contributed by atoms with Crippen molar-refractivity contribution in [1.82, 2.24) is 0 Å². The van der Waals surface area contributed by atoms with Crippen molar-refractivity contribution < 1.29 is 10.2 Å². The third-order valence-electron chi connectivity index (χ3n) is 4.62. The minimum atomic E-state index is 0.303. The van der Waals surface area contributed by atoms with Gasteiger partial charge in [0.1, 0.15) is 11.5 Å². The maximum Gasteiger partial charge on any atom is 0.115 e. The molecule has 2 aromatic carbocycles. The van der Waals surface area contributed by atoms with Crippen molar-refractivity contribution in [2.45, 2.75) is 58.3 Å². The number of hydrogen-bond donors (Lipinski definition) is 2. The summed E-state index contributed by atoms with van der Waals surface area (Å²) in [5.74, 6) is 1.72. The number of phenolic OH excluding ortho intramolecular Hbond substituents is 2. The molecule has 0 aromatic heterocycles. The third kappa shape index (κ3) is 5.92. The molecule has 2 N–H and O–H groups in total. The van der Waals surface area contributed by atoms with Gasteiger partial charge in [0.15, 0.2) is 0 Å². The van der Waals surface area contributed by atoms with Gasteiger partial charge in [-0.25, -0.2) is 0 Å². The van der Waals surface area contributed by atoms with E-state index in [1.807, 2.05) is 24.3 Å². The number of unbranched alkanes of at least 4 members (excludes halogenated alkanes) is 3. The van der Waals surface area contributed by atoms with Crippen LogP contribution in [0.4, 0.5) is 0 Å². The predicted octanol–water partition coefficient (Wildman–Crippen LogP) is 6.23. The number of hydrogen-bond acceptors (Lipinski definition) is 2. The summed E-state index contributed by atoms with van der Waals surface area (Å²) in [5.41, 5.74) is 2.45. The summed E-state index contributed by atoms with van der Waals surface area (Å²) in [5, 5.41) is 19.1. The molecule has 0 saturated heterocycles. The van der Waals surface area contributed by atoms with Gasteiger partial charge in [0.2, 0.25) is 0 Å². The molecule has 130 valence electrons. The largest absolute Gasteiger partial charge is 0.508 e. The van der Waals surface area contributed by atoms with Crippen LogP contribution >= 0.6 is 0 Å². The summed E-state index contributed by atoms with van der Waals surface area (Å²) in [6.07, 6.45) is 7.50. The molecule has 24 heavy (non-hydrogen) atoms. The van der Waals surface area contributed by atoms with Crippen LogP contribution in [-0.2, 0) is 0 Å². The van der Waals surface area contributed by atoms with Gasteiger partial charge in [-0.1, -0.05) is 70.2 Å². The molecule has 0 amide bonds. The van der Waals surface area contributed by atoms with Gasteiger partial charge in [-0.05, 0) is 47.7 Å². The van der Waals surface area contributed by atoms with Crippen LogP contribution in [0.15, 0.2) is 48.5 Å². The van der Waals surface area contributed by atoms with Gasteiger partial charge >= 0.3 is 0 Å². The van der Waals surface area contributed by atoms with E-state index in [1.165, 1.54) is 43.2 Å². The van der Waals surface area contributed by atoms with Gasteiger partial charge in [-0.15, -0.1) is 0 Å². The van der Waals surface area contributed by atoms with E-state index in [0.717, 1.165) is 12.3 Å². The molecular formula is C22H30O2. The van der Waals surface area contributed by atoms with E-state index in [2.05, 4.69) is 13.8 Å².